The molecule has 100 valence electrons. The van der Waals surface area contributed by atoms with Gasteiger partial charge in [-0.3, -0.25) is 4.79 Å². The molecule has 0 aliphatic rings. The minimum atomic E-state index is -0.416. The topological polar surface area (TPSA) is 52.9 Å². The van der Waals surface area contributed by atoms with E-state index in [4.69, 9.17) is 0 Å². The van der Waals surface area contributed by atoms with E-state index in [0.717, 1.165) is 16.8 Å². The van der Waals surface area contributed by atoms with Crippen molar-refractivity contribution in [2.45, 2.75) is 19.3 Å². The first-order valence-electron chi connectivity index (χ1n) is 6.50. The zero-order chi connectivity index (χ0) is 14.4. The Hall–Kier alpha value is -2.60. The summed E-state index contributed by atoms with van der Waals surface area (Å²) in [5.41, 5.74) is 2.67. The molecule has 0 aromatic heterocycles. The molecule has 2 rings (SSSR count). The van der Waals surface area contributed by atoms with Crippen molar-refractivity contribution < 1.29 is 4.79 Å². The first-order chi connectivity index (χ1) is 9.70. The molecule has 0 heterocycles. The summed E-state index contributed by atoms with van der Waals surface area (Å²) in [6.45, 7) is 1.94. The number of amides is 1. The van der Waals surface area contributed by atoms with Crippen molar-refractivity contribution in [1.29, 1.82) is 5.26 Å². The maximum absolute atomic E-state index is 12.0. The Balaban J connectivity index is 2.04. The molecule has 20 heavy (non-hydrogen) atoms. The number of hydrogen-bond donors (Lipinski definition) is 1. The molecule has 0 saturated heterocycles. The standard InChI is InChI=1S/C17H16N2O/c1-13-7-5-6-10-16(13)19-17(20)11-15(12-18)14-8-3-2-4-9-14/h2-10,15H,11H2,1H3,(H,19,20). The SMILES string of the molecule is Cc1ccccc1NC(=O)CC(C#N)c1ccccc1. The average Bonchev–Trinajstić information content (AvgIpc) is 2.48. The molecule has 1 amide bonds. The van der Waals surface area contributed by atoms with Gasteiger partial charge in [-0.15, -0.1) is 0 Å². The second-order valence-electron chi connectivity index (χ2n) is 4.66. The van der Waals surface area contributed by atoms with E-state index < -0.39 is 5.92 Å². The van der Waals surface area contributed by atoms with Crippen LogP contribution in [0, 0.1) is 18.3 Å². The summed E-state index contributed by atoms with van der Waals surface area (Å²) < 4.78 is 0. The zero-order valence-electron chi connectivity index (χ0n) is 11.3. The number of aryl methyl sites for hydroxylation is 1. The molecule has 2 aromatic rings. The van der Waals surface area contributed by atoms with Crippen molar-refractivity contribution in [2.24, 2.45) is 0 Å². The van der Waals surface area contributed by atoms with Crippen molar-refractivity contribution in [3.05, 3.63) is 65.7 Å². The number of nitriles is 1. The normalized spacial score (nSPS) is 11.4. The van der Waals surface area contributed by atoms with Gasteiger partial charge in [0.15, 0.2) is 0 Å². The van der Waals surface area contributed by atoms with E-state index in [9.17, 15) is 10.1 Å². The molecule has 0 aliphatic heterocycles. The second kappa shape index (κ2) is 6.53. The van der Waals surface area contributed by atoms with Crippen LogP contribution in [0.25, 0.3) is 0 Å². The van der Waals surface area contributed by atoms with Crippen LogP contribution in [0.15, 0.2) is 54.6 Å². The van der Waals surface area contributed by atoms with Gasteiger partial charge in [0.2, 0.25) is 5.91 Å². The minimum Gasteiger partial charge on any atom is -0.326 e. The highest BCUT2D eigenvalue weighted by Crippen LogP contribution is 2.20. The third-order valence-electron chi connectivity index (χ3n) is 3.17. The molecule has 1 unspecified atom stereocenters. The fourth-order valence-corrected chi connectivity index (χ4v) is 2.02. The Kier molecular flexibility index (Phi) is 4.52. The summed E-state index contributed by atoms with van der Waals surface area (Å²) in [4.78, 5) is 12.0. The molecule has 2 aromatic carbocycles. The molecule has 3 nitrogen and oxygen atoms in total. The van der Waals surface area contributed by atoms with Crippen LogP contribution in [0.3, 0.4) is 0 Å². The van der Waals surface area contributed by atoms with Gasteiger partial charge in [0.25, 0.3) is 0 Å². The fraction of sp³-hybridized carbons (Fsp3) is 0.176. The monoisotopic (exact) mass is 264 g/mol. The average molecular weight is 264 g/mol. The minimum absolute atomic E-state index is 0.144. The number of para-hydroxylation sites is 1. The van der Waals surface area contributed by atoms with Crippen LogP contribution >= 0.6 is 0 Å². The van der Waals surface area contributed by atoms with Crippen molar-refractivity contribution in [3.63, 3.8) is 0 Å². The Morgan fingerprint density at radius 3 is 2.45 bits per heavy atom. The number of anilines is 1. The number of carbonyl (C=O) groups excluding carboxylic acids is 1. The van der Waals surface area contributed by atoms with E-state index in [1.165, 1.54) is 0 Å². The lowest BCUT2D eigenvalue weighted by atomic mass is 9.97. The number of hydrogen-bond acceptors (Lipinski definition) is 2. The Bertz CT molecular complexity index is 629. The Morgan fingerprint density at radius 2 is 1.80 bits per heavy atom. The van der Waals surface area contributed by atoms with E-state index >= 15 is 0 Å². The van der Waals surface area contributed by atoms with E-state index in [-0.39, 0.29) is 12.3 Å². The molecule has 0 bridgehead atoms. The predicted octanol–water partition coefficient (Wildman–Crippen LogP) is 3.63. The van der Waals surface area contributed by atoms with Crippen LogP contribution in [0.4, 0.5) is 5.69 Å². The molecule has 0 radical (unpaired) electrons. The quantitative estimate of drug-likeness (QED) is 0.916. The summed E-state index contributed by atoms with van der Waals surface area (Å²) in [7, 11) is 0. The Morgan fingerprint density at radius 1 is 1.15 bits per heavy atom. The first-order valence-corrected chi connectivity index (χ1v) is 6.50. The lowest BCUT2D eigenvalue weighted by Crippen LogP contribution is -2.15. The zero-order valence-corrected chi connectivity index (χ0v) is 11.3. The Labute approximate surface area is 118 Å². The van der Waals surface area contributed by atoms with Crippen LogP contribution in [0.2, 0.25) is 0 Å². The van der Waals surface area contributed by atoms with Crippen LogP contribution in [-0.2, 0) is 4.79 Å². The second-order valence-corrected chi connectivity index (χ2v) is 4.66. The van der Waals surface area contributed by atoms with Gasteiger partial charge in [-0.25, -0.2) is 0 Å². The fourth-order valence-electron chi connectivity index (χ4n) is 2.02. The number of carbonyl (C=O) groups is 1. The first kappa shape index (κ1) is 13.8. The third kappa shape index (κ3) is 3.46. The molecular formula is C17H16N2O. The maximum Gasteiger partial charge on any atom is 0.226 e. The van der Waals surface area contributed by atoms with Gasteiger partial charge in [-0.1, -0.05) is 48.5 Å². The van der Waals surface area contributed by atoms with Crippen LogP contribution in [0.5, 0.6) is 0 Å². The van der Waals surface area contributed by atoms with E-state index in [1.807, 2.05) is 61.5 Å². The molecule has 0 fully saturated rings. The van der Waals surface area contributed by atoms with Gasteiger partial charge in [0, 0.05) is 12.1 Å². The summed E-state index contributed by atoms with van der Waals surface area (Å²) >= 11 is 0. The van der Waals surface area contributed by atoms with Gasteiger partial charge in [0.05, 0.1) is 12.0 Å². The van der Waals surface area contributed by atoms with Crippen LogP contribution in [-0.4, -0.2) is 5.91 Å². The van der Waals surface area contributed by atoms with Gasteiger partial charge in [0.1, 0.15) is 0 Å². The summed E-state index contributed by atoms with van der Waals surface area (Å²) in [5, 5.41) is 12.1. The summed E-state index contributed by atoms with van der Waals surface area (Å²) in [5.74, 6) is -0.560. The molecule has 3 heteroatoms. The molecule has 0 saturated carbocycles. The predicted molar refractivity (Wildman–Crippen MR) is 79.2 cm³/mol. The molecule has 1 atom stereocenters. The van der Waals surface area contributed by atoms with Crippen molar-refractivity contribution in [1.82, 2.24) is 0 Å². The highest BCUT2D eigenvalue weighted by Gasteiger charge is 2.15. The number of nitrogens with zero attached hydrogens (tertiary/aromatic N) is 1. The lowest BCUT2D eigenvalue weighted by Gasteiger charge is -2.11. The highest BCUT2D eigenvalue weighted by atomic mass is 16.1. The van der Waals surface area contributed by atoms with Gasteiger partial charge < -0.3 is 5.32 Å². The number of benzene rings is 2. The van der Waals surface area contributed by atoms with Crippen molar-refractivity contribution >= 4 is 11.6 Å². The van der Waals surface area contributed by atoms with Crippen LogP contribution < -0.4 is 5.32 Å². The van der Waals surface area contributed by atoms with Gasteiger partial charge in [-0.05, 0) is 24.1 Å². The largest absolute Gasteiger partial charge is 0.326 e. The smallest absolute Gasteiger partial charge is 0.226 e. The van der Waals surface area contributed by atoms with E-state index in [0.29, 0.717) is 0 Å². The van der Waals surface area contributed by atoms with E-state index in [2.05, 4.69) is 11.4 Å². The molecule has 1 N–H and O–H groups in total. The van der Waals surface area contributed by atoms with Gasteiger partial charge in [-0.2, -0.15) is 5.26 Å². The van der Waals surface area contributed by atoms with Crippen LogP contribution in [0.1, 0.15) is 23.5 Å². The lowest BCUT2D eigenvalue weighted by molar-refractivity contribution is -0.116. The summed E-state index contributed by atoms with van der Waals surface area (Å²) in [6.07, 6.45) is 0.162. The number of nitrogens with one attached hydrogen (secondary N) is 1. The highest BCUT2D eigenvalue weighted by molar-refractivity contribution is 5.92. The van der Waals surface area contributed by atoms with Crippen molar-refractivity contribution in [2.75, 3.05) is 5.32 Å². The maximum atomic E-state index is 12.0. The molecular weight excluding hydrogens is 248 g/mol. The van der Waals surface area contributed by atoms with Gasteiger partial charge >= 0.3 is 0 Å². The number of rotatable bonds is 4. The summed E-state index contributed by atoms with van der Waals surface area (Å²) in [6, 6.07) is 19.2. The molecule has 0 spiro atoms. The molecule has 0 aliphatic carbocycles. The van der Waals surface area contributed by atoms with Crippen molar-refractivity contribution in [3.8, 4) is 6.07 Å². The van der Waals surface area contributed by atoms with E-state index in [1.54, 1.807) is 0 Å². The third-order valence-corrected chi connectivity index (χ3v) is 3.17.